The Morgan fingerprint density at radius 1 is 1.41 bits per heavy atom. The molecule has 1 N–H and O–H groups in total. The molecule has 2 heterocycles. The van der Waals surface area contributed by atoms with E-state index < -0.39 is 0 Å². The molecule has 0 spiro atoms. The average Bonchev–Trinajstić information content (AvgIpc) is 3.11. The zero-order valence-corrected chi connectivity index (χ0v) is 13.3. The van der Waals surface area contributed by atoms with E-state index in [0.29, 0.717) is 13.1 Å². The maximum absolute atomic E-state index is 12.1. The van der Waals surface area contributed by atoms with Crippen molar-refractivity contribution in [3.8, 4) is 5.75 Å². The van der Waals surface area contributed by atoms with Gasteiger partial charge in [0.15, 0.2) is 0 Å². The van der Waals surface area contributed by atoms with E-state index >= 15 is 0 Å². The number of benzene rings is 1. The van der Waals surface area contributed by atoms with Crippen molar-refractivity contribution in [1.82, 2.24) is 14.9 Å². The Kier molecular flexibility index (Phi) is 4.11. The zero-order chi connectivity index (χ0) is 15.5. The molecule has 0 fully saturated rings. The summed E-state index contributed by atoms with van der Waals surface area (Å²) < 4.78 is 7.14. The summed E-state index contributed by atoms with van der Waals surface area (Å²) in [6.07, 6.45) is 3.72. The maximum Gasteiger partial charge on any atom is 0.240 e. The summed E-state index contributed by atoms with van der Waals surface area (Å²) in [4.78, 5) is 17.3. The number of ether oxygens (including phenoxy) is 1. The Balaban J connectivity index is 1.66. The number of nitrogens with zero attached hydrogens (tertiary/aromatic N) is 2. The number of rotatable bonds is 5. The second-order valence-electron chi connectivity index (χ2n) is 4.99. The van der Waals surface area contributed by atoms with Gasteiger partial charge in [-0.3, -0.25) is 4.79 Å². The summed E-state index contributed by atoms with van der Waals surface area (Å²) in [5.41, 5.74) is 1.02. The van der Waals surface area contributed by atoms with Crippen LogP contribution in [-0.2, 0) is 17.9 Å². The van der Waals surface area contributed by atoms with Crippen LogP contribution in [0.1, 0.15) is 9.88 Å². The molecule has 3 aromatic rings. The molecule has 0 aliphatic heterocycles. The Morgan fingerprint density at radius 2 is 2.27 bits per heavy atom. The van der Waals surface area contributed by atoms with Crippen molar-refractivity contribution in [2.75, 3.05) is 7.11 Å². The van der Waals surface area contributed by atoms with E-state index in [2.05, 4.69) is 10.3 Å². The number of thiazole rings is 1. The van der Waals surface area contributed by atoms with Crippen LogP contribution in [0, 0.1) is 6.92 Å². The third-order valence-corrected chi connectivity index (χ3v) is 4.33. The van der Waals surface area contributed by atoms with Crippen molar-refractivity contribution >= 4 is 28.1 Å². The SMILES string of the molecule is COc1ccc2c(ccn2CC(=O)NCc2cnc(C)s2)c1. The van der Waals surface area contributed by atoms with Crippen LogP contribution in [0.3, 0.4) is 0 Å². The lowest BCUT2D eigenvalue weighted by Gasteiger charge is -2.07. The lowest BCUT2D eigenvalue weighted by Crippen LogP contribution is -2.26. The van der Waals surface area contributed by atoms with Gasteiger partial charge in [-0.15, -0.1) is 11.3 Å². The fourth-order valence-electron chi connectivity index (χ4n) is 2.33. The number of aromatic nitrogens is 2. The number of fused-ring (bicyclic) bond motifs is 1. The number of hydrogen-bond acceptors (Lipinski definition) is 4. The van der Waals surface area contributed by atoms with Gasteiger partial charge in [-0.1, -0.05) is 0 Å². The highest BCUT2D eigenvalue weighted by atomic mass is 32.1. The van der Waals surface area contributed by atoms with Gasteiger partial charge >= 0.3 is 0 Å². The number of amides is 1. The summed E-state index contributed by atoms with van der Waals surface area (Å²) in [7, 11) is 1.65. The van der Waals surface area contributed by atoms with Crippen molar-refractivity contribution < 1.29 is 9.53 Å². The van der Waals surface area contributed by atoms with Crippen LogP contribution in [0.5, 0.6) is 5.75 Å². The fraction of sp³-hybridized carbons (Fsp3) is 0.250. The molecule has 0 atom stereocenters. The Morgan fingerprint density at radius 3 is 3.00 bits per heavy atom. The standard InChI is InChI=1S/C16H17N3O2S/c1-11-17-8-14(22-11)9-18-16(20)10-19-6-5-12-7-13(21-2)3-4-15(12)19/h3-8H,9-10H2,1-2H3,(H,18,20). The molecule has 5 nitrogen and oxygen atoms in total. The van der Waals surface area contributed by atoms with Crippen LogP contribution >= 0.6 is 11.3 Å². The molecule has 6 heteroatoms. The van der Waals surface area contributed by atoms with E-state index in [4.69, 9.17) is 4.74 Å². The minimum Gasteiger partial charge on any atom is -0.497 e. The van der Waals surface area contributed by atoms with Gasteiger partial charge in [0.25, 0.3) is 0 Å². The largest absolute Gasteiger partial charge is 0.497 e. The highest BCUT2D eigenvalue weighted by Gasteiger charge is 2.07. The first-order chi connectivity index (χ1) is 10.7. The Labute approximate surface area is 132 Å². The molecule has 0 saturated heterocycles. The Bertz CT molecular complexity index is 807. The first kappa shape index (κ1) is 14.6. The van der Waals surface area contributed by atoms with Crippen LogP contribution in [0.2, 0.25) is 0 Å². The monoisotopic (exact) mass is 315 g/mol. The fourth-order valence-corrected chi connectivity index (χ4v) is 3.06. The van der Waals surface area contributed by atoms with Gasteiger partial charge in [0.1, 0.15) is 12.3 Å². The van der Waals surface area contributed by atoms with E-state index in [1.165, 1.54) is 0 Å². The summed E-state index contributed by atoms with van der Waals surface area (Å²) in [5.74, 6) is 0.801. The first-order valence-electron chi connectivity index (χ1n) is 6.96. The smallest absolute Gasteiger partial charge is 0.240 e. The molecule has 0 saturated carbocycles. The zero-order valence-electron chi connectivity index (χ0n) is 12.5. The molecular weight excluding hydrogens is 298 g/mol. The van der Waals surface area contributed by atoms with Crippen molar-refractivity contribution in [2.45, 2.75) is 20.0 Å². The molecule has 0 unspecified atom stereocenters. The molecule has 0 aliphatic carbocycles. The van der Waals surface area contributed by atoms with Crippen molar-refractivity contribution in [3.63, 3.8) is 0 Å². The van der Waals surface area contributed by atoms with Gasteiger partial charge in [-0.25, -0.2) is 4.98 Å². The summed E-state index contributed by atoms with van der Waals surface area (Å²) in [6, 6.07) is 7.81. The molecule has 2 aromatic heterocycles. The van der Waals surface area contributed by atoms with E-state index in [-0.39, 0.29) is 5.91 Å². The molecule has 1 amide bonds. The first-order valence-corrected chi connectivity index (χ1v) is 7.78. The summed E-state index contributed by atoms with van der Waals surface area (Å²) in [6.45, 7) is 2.78. The number of hydrogen-bond donors (Lipinski definition) is 1. The molecular formula is C16H17N3O2S. The molecule has 1 aromatic carbocycles. The van der Waals surface area contributed by atoms with Crippen molar-refractivity contribution in [1.29, 1.82) is 0 Å². The number of aryl methyl sites for hydroxylation is 1. The lowest BCUT2D eigenvalue weighted by atomic mass is 10.2. The van der Waals surface area contributed by atoms with Crippen LogP contribution in [-0.4, -0.2) is 22.6 Å². The number of nitrogens with one attached hydrogen (secondary N) is 1. The van der Waals surface area contributed by atoms with Crippen LogP contribution in [0.25, 0.3) is 10.9 Å². The third-order valence-electron chi connectivity index (χ3n) is 3.42. The summed E-state index contributed by atoms with van der Waals surface area (Å²) >= 11 is 1.60. The lowest BCUT2D eigenvalue weighted by molar-refractivity contribution is -0.121. The predicted molar refractivity (Wildman–Crippen MR) is 87.2 cm³/mol. The summed E-state index contributed by atoms with van der Waals surface area (Å²) in [5, 5.41) is 4.99. The topological polar surface area (TPSA) is 56.1 Å². The van der Waals surface area contributed by atoms with Crippen LogP contribution in [0.15, 0.2) is 36.7 Å². The van der Waals surface area contributed by atoms with E-state index in [1.807, 2.05) is 42.0 Å². The minimum absolute atomic E-state index is 0.0145. The predicted octanol–water partition coefficient (Wildman–Crippen LogP) is 2.73. The van der Waals surface area contributed by atoms with Crippen molar-refractivity contribution in [2.24, 2.45) is 0 Å². The van der Waals surface area contributed by atoms with Gasteiger partial charge in [0.2, 0.25) is 5.91 Å². The molecule has 0 bridgehead atoms. The molecule has 0 radical (unpaired) electrons. The molecule has 3 rings (SSSR count). The van der Waals surface area contributed by atoms with Crippen LogP contribution in [0.4, 0.5) is 0 Å². The quantitative estimate of drug-likeness (QED) is 0.787. The highest BCUT2D eigenvalue weighted by molar-refractivity contribution is 7.11. The number of carbonyl (C=O) groups excluding carboxylic acids is 1. The normalized spacial score (nSPS) is 10.8. The molecule has 0 aliphatic rings. The Hall–Kier alpha value is -2.34. The van der Waals surface area contributed by atoms with E-state index in [1.54, 1.807) is 24.6 Å². The van der Waals surface area contributed by atoms with Gasteiger partial charge in [0, 0.05) is 28.2 Å². The van der Waals surface area contributed by atoms with E-state index in [0.717, 1.165) is 26.5 Å². The molecule has 114 valence electrons. The van der Waals surface area contributed by atoms with Crippen molar-refractivity contribution in [3.05, 3.63) is 46.5 Å². The average molecular weight is 315 g/mol. The second kappa shape index (κ2) is 6.19. The van der Waals surface area contributed by atoms with Gasteiger partial charge in [-0.05, 0) is 31.2 Å². The minimum atomic E-state index is -0.0145. The molecule has 22 heavy (non-hydrogen) atoms. The second-order valence-corrected chi connectivity index (χ2v) is 6.31. The number of carbonyl (C=O) groups is 1. The number of methoxy groups -OCH3 is 1. The van der Waals surface area contributed by atoms with Crippen LogP contribution < -0.4 is 10.1 Å². The third kappa shape index (κ3) is 3.12. The van der Waals surface area contributed by atoms with Gasteiger partial charge < -0.3 is 14.6 Å². The van der Waals surface area contributed by atoms with Gasteiger partial charge in [-0.2, -0.15) is 0 Å². The maximum atomic E-state index is 12.1. The highest BCUT2D eigenvalue weighted by Crippen LogP contribution is 2.21. The van der Waals surface area contributed by atoms with Gasteiger partial charge in [0.05, 0.1) is 18.7 Å². The van der Waals surface area contributed by atoms with E-state index in [9.17, 15) is 4.79 Å².